The minimum absolute atomic E-state index is 0.0309. The van der Waals surface area contributed by atoms with Gasteiger partial charge in [-0.25, -0.2) is 4.99 Å². The second kappa shape index (κ2) is 11.1. The van der Waals surface area contributed by atoms with Gasteiger partial charge in [0, 0.05) is 0 Å². The Bertz CT molecular complexity index is 1240. The van der Waals surface area contributed by atoms with Crippen LogP contribution in [0.2, 0.25) is 0 Å². The molecule has 0 N–H and O–H groups in total. The molecule has 3 aromatic rings. The number of carbonyl (C=O) groups excluding carboxylic acids is 1. The lowest BCUT2D eigenvalue weighted by molar-refractivity contribution is -0.122. The topological polar surface area (TPSA) is 60.4 Å². The highest BCUT2D eigenvalue weighted by molar-refractivity contribution is 8.18. The third-order valence-corrected chi connectivity index (χ3v) is 6.22. The van der Waals surface area contributed by atoms with E-state index in [0.29, 0.717) is 28.1 Å². The number of hydrogen-bond acceptors (Lipinski definition) is 6. The van der Waals surface area contributed by atoms with Crippen LogP contribution in [-0.2, 0) is 11.3 Å². The van der Waals surface area contributed by atoms with Gasteiger partial charge in [0.2, 0.25) is 0 Å². The number of methoxy groups -OCH3 is 2. The van der Waals surface area contributed by atoms with Crippen molar-refractivity contribution >= 4 is 34.6 Å². The van der Waals surface area contributed by atoms with Crippen LogP contribution >= 0.6 is 11.8 Å². The summed E-state index contributed by atoms with van der Waals surface area (Å²) >= 11 is 1.36. The third kappa shape index (κ3) is 6.05. The van der Waals surface area contributed by atoms with Gasteiger partial charge in [-0.05, 0) is 79.2 Å². The molecule has 0 unspecified atom stereocenters. The molecule has 1 amide bonds. The molecule has 0 aromatic heterocycles. The molecule has 7 heteroatoms. The van der Waals surface area contributed by atoms with Crippen molar-refractivity contribution in [3.8, 4) is 17.2 Å². The summed E-state index contributed by atoms with van der Waals surface area (Å²) in [5.41, 5.74) is 2.62. The van der Waals surface area contributed by atoms with Gasteiger partial charge in [0.15, 0.2) is 16.7 Å². The molecule has 3 aromatic carbocycles. The first-order valence-electron chi connectivity index (χ1n) is 11.3. The molecular formula is C28H28N2O4S. The Balaban J connectivity index is 1.66. The van der Waals surface area contributed by atoms with Crippen LogP contribution in [0.1, 0.15) is 25.0 Å². The van der Waals surface area contributed by atoms with Crippen molar-refractivity contribution in [2.45, 2.75) is 26.5 Å². The van der Waals surface area contributed by atoms with E-state index in [-0.39, 0.29) is 12.0 Å². The van der Waals surface area contributed by atoms with Crippen LogP contribution in [-0.4, -0.2) is 36.3 Å². The molecule has 1 saturated heterocycles. The number of benzene rings is 3. The van der Waals surface area contributed by atoms with E-state index < -0.39 is 0 Å². The number of hydrogen-bond donors (Lipinski definition) is 0. The summed E-state index contributed by atoms with van der Waals surface area (Å²) in [6, 6.07) is 23.0. The highest BCUT2D eigenvalue weighted by atomic mass is 32.2. The van der Waals surface area contributed by atoms with Gasteiger partial charge in [-0.15, -0.1) is 0 Å². The summed E-state index contributed by atoms with van der Waals surface area (Å²) in [6.07, 6.45) is 1.90. The van der Waals surface area contributed by atoms with E-state index in [2.05, 4.69) is 0 Å². The maximum atomic E-state index is 13.5. The van der Waals surface area contributed by atoms with Gasteiger partial charge in [-0.1, -0.05) is 36.4 Å². The van der Waals surface area contributed by atoms with Crippen molar-refractivity contribution in [2.24, 2.45) is 4.99 Å². The van der Waals surface area contributed by atoms with E-state index in [9.17, 15) is 4.79 Å². The first kappa shape index (κ1) is 24.4. The lowest BCUT2D eigenvalue weighted by Crippen LogP contribution is -2.28. The molecule has 1 heterocycles. The van der Waals surface area contributed by atoms with Crippen LogP contribution in [0.4, 0.5) is 5.69 Å². The molecule has 0 aliphatic carbocycles. The van der Waals surface area contributed by atoms with Crippen molar-refractivity contribution in [1.29, 1.82) is 0 Å². The number of ether oxygens (including phenoxy) is 3. The molecule has 35 heavy (non-hydrogen) atoms. The zero-order valence-corrected chi connectivity index (χ0v) is 21.0. The van der Waals surface area contributed by atoms with Gasteiger partial charge < -0.3 is 14.2 Å². The van der Waals surface area contributed by atoms with Gasteiger partial charge in [0.1, 0.15) is 5.75 Å². The number of rotatable bonds is 8. The molecule has 180 valence electrons. The van der Waals surface area contributed by atoms with Crippen LogP contribution in [0, 0.1) is 0 Å². The van der Waals surface area contributed by atoms with E-state index >= 15 is 0 Å². The van der Waals surface area contributed by atoms with Crippen LogP contribution < -0.4 is 14.2 Å². The van der Waals surface area contributed by atoms with E-state index in [0.717, 1.165) is 22.6 Å². The Morgan fingerprint density at radius 2 is 1.69 bits per heavy atom. The molecular weight excluding hydrogens is 460 g/mol. The fraction of sp³-hybridized carbons (Fsp3) is 0.214. The fourth-order valence-corrected chi connectivity index (χ4v) is 4.53. The van der Waals surface area contributed by atoms with Crippen molar-refractivity contribution in [2.75, 3.05) is 14.2 Å². The molecule has 1 aliphatic rings. The van der Waals surface area contributed by atoms with Crippen LogP contribution in [0.5, 0.6) is 17.2 Å². The number of aliphatic imine (C=N–C) groups is 1. The van der Waals surface area contributed by atoms with Crippen molar-refractivity contribution in [3.63, 3.8) is 0 Å². The number of para-hydroxylation sites is 1. The summed E-state index contributed by atoms with van der Waals surface area (Å²) < 4.78 is 16.6. The zero-order valence-electron chi connectivity index (χ0n) is 20.2. The maximum absolute atomic E-state index is 13.5. The molecule has 4 rings (SSSR count). The molecule has 1 fully saturated rings. The molecule has 6 nitrogen and oxygen atoms in total. The van der Waals surface area contributed by atoms with Crippen molar-refractivity contribution in [1.82, 2.24) is 4.90 Å². The summed E-state index contributed by atoms with van der Waals surface area (Å²) in [6.45, 7) is 4.34. The predicted molar refractivity (Wildman–Crippen MR) is 141 cm³/mol. The average Bonchev–Trinajstić information content (AvgIpc) is 3.14. The Labute approximate surface area is 210 Å². The molecule has 0 atom stereocenters. The lowest BCUT2D eigenvalue weighted by Gasteiger charge is -2.16. The summed E-state index contributed by atoms with van der Waals surface area (Å²) in [5.74, 6) is 1.97. The van der Waals surface area contributed by atoms with Crippen molar-refractivity contribution < 1.29 is 19.0 Å². The number of amides is 1. The molecule has 0 saturated carbocycles. The molecule has 1 aliphatic heterocycles. The standard InChI is InChI=1S/C28H28N2O4S/c1-19(2)34-24-15-12-21(16-25(24)33-4)17-26-27(31)30(18-20-10-13-23(32-3)14-11-20)28(35-26)29-22-8-6-5-7-9-22/h5-17,19H,18H2,1-4H3/b26-17-,29-28?. The number of thioether (sulfide) groups is 1. The van der Waals surface area contributed by atoms with Gasteiger partial charge >= 0.3 is 0 Å². The van der Waals surface area contributed by atoms with Crippen LogP contribution in [0.25, 0.3) is 6.08 Å². The average molecular weight is 489 g/mol. The predicted octanol–water partition coefficient (Wildman–Crippen LogP) is 6.30. The lowest BCUT2D eigenvalue weighted by atomic mass is 10.1. The van der Waals surface area contributed by atoms with E-state index in [1.54, 1.807) is 19.1 Å². The van der Waals surface area contributed by atoms with E-state index in [1.165, 1.54) is 11.8 Å². The van der Waals surface area contributed by atoms with E-state index in [1.807, 2.05) is 92.7 Å². The summed E-state index contributed by atoms with van der Waals surface area (Å²) in [7, 11) is 3.24. The maximum Gasteiger partial charge on any atom is 0.267 e. The Kier molecular flexibility index (Phi) is 7.77. The van der Waals surface area contributed by atoms with Gasteiger partial charge in [-0.3, -0.25) is 9.69 Å². The Morgan fingerprint density at radius 1 is 0.943 bits per heavy atom. The highest BCUT2D eigenvalue weighted by Gasteiger charge is 2.33. The van der Waals surface area contributed by atoms with Gasteiger partial charge in [0.05, 0.1) is 37.5 Å². The molecule has 0 spiro atoms. The monoisotopic (exact) mass is 488 g/mol. The largest absolute Gasteiger partial charge is 0.497 e. The third-order valence-electron chi connectivity index (χ3n) is 5.22. The van der Waals surface area contributed by atoms with Gasteiger partial charge in [-0.2, -0.15) is 0 Å². The van der Waals surface area contributed by atoms with Gasteiger partial charge in [0.25, 0.3) is 5.91 Å². The highest BCUT2D eigenvalue weighted by Crippen LogP contribution is 2.37. The Morgan fingerprint density at radius 3 is 2.34 bits per heavy atom. The number of carbonyl (C=O) groups is 1. The van der Waals surface area contributed by atoms with Crippen molar-refractivity contribution in [3.05, 3.63) is 88.8 Å². The fourth-order valence-electron chi connectivity index (χ4n) is 3.53. The Hall–Kier alpha value is -3.71. The van der Waals surface area contributed by atoms with Crippen LogP contribution in [0.3, 0.4) is 0 Å². The molecule has 0 bridgehead atoms. The smallest absolute Gasteiger partial charge is 0.267 e. The summed E-state index contributed by atoms with van der Waals surface area (Å²) in [4.78, 5) is 20.5. The SMILES string of the molecule is COc1ccc(CN2C(=O)/C(=C/c3ccc(OC(C)C)c(OC)c3)SC2=Nc2ccccc2)cc1. The first-order chi connectivity index (χ1) is 17.0. The quantitative estimate of drug-likeness (QED) is 0.349. The minimum Gasteiger partial charge on any atom is -0.497 e. The normalized spacial score (nSPS) is 15.8. The van der Waals surface area contributed by atoms with E-state index in [4.69, 9.17) is 19.2 Å². The minimum atomic E-state index is -0.0954. The first-order valence-corrected chi connectivity index (χ1v) is 12.1. The van der Waals surface area contributed by atoms with Crippen LogP contribution in [0.15, 0.2) is 82.7 Å². The molecule has 0 radical (unpaired) electrons. The number of nitrogens with zero attached hydrogens (tertiary/aromatic N) is 2. The second-order valence-corrected chi connectivity index (χ2v) is 9.17. The number of amidine groups is 1. The summed E-state index contributed by atoms with van der Waals surface area (Å²) in [5, 5.41) is 0.634. The zero-order chi connectivity index (χ0) is 24.8. The second-order valence-electron chi connectivity index (χ2n) is 8.16.